The lowest BCUT2D eigenvalue weighted by atomic mass is 10.1. The van der Waals surface area contributed by atoms with Gasteiger partial charge in [-0.2, -0.15) is 0 Å². The van der Waals surface area contributed by atoms with Gasteiger partial charge in [0, 0.05) is 18.8 Å². The lowest BCUT2D eigenvalue weighted by Gasteiger charge is -2.31. The molecule has 2 saturated heterocycles. The number of benzene rings is 1. The van der Waals surface area contributed by atoms with E-state index in [1.165, 1.54) is 41.2 Å². The van der Waals surface area contributed by atoms with Gasteiger partial charge in [0.2, 0.25) is 0 Å². The van der Waals surface area contributed by atoms with Crippen molar-refractivity contribution in [2.24, 2.45) is 0 Å². The molecule has 28 heavy (non-hydrogen) atoms. The SMILES string of the molecule is O=C(C[NH+]1CC[NH+](CC(=O)N2CCCCCCC2)CC1)Nc1ccc(F)cc1. The first-order valence-electron chi connectivity index (χ1n) is 10.6. The van der Waals surface area contributed by atoms with Crippen molar-refractivity contribution in [1.82, 2.24) is 4.90 Å². The third kappa shape index (κ3) is 6.56. The van der Waals surface area contributed by atoms with Gasteiger partial charge in [-0.3, -0.25) is 9.59 Å². The Balaban J connectivity index is 1.37. The van der Waals surface area contributed by atoms with Crippen LogP contribution in [-0.2, 0) is 9.59 Å². The summed E-state index contributed by atoms with van der Waals surface area (Å²) in [5.74, 6) is -0.0795. The molecule has 2 amide bonds. The summed E-state index contributed by atoms with van der Waals surface area (Å²) in [6.45, 7) is 6.41. The Bertz CT molecular complexity index is 636. The van der Waals surface area contributed by atoms with E-state index in [2.05, 4.69) is 10.2 Å². The van der Waals surface area contributed by atoms with Gasteiger partial charge >= 0.3 is 0 Å². The number of likely N-dealkylation sites (tertiary alicyclic amines) is 1. The van der Waals surface area contributed by atoms with Gasteiger partial charge in [-0.1, -0.05) is 19.3 Å². The molecule has 2 fully saturated rings. The Morgan fingerprint density at radius 2 is 1.39 bits per heavy atom. The molecule has 1 aromatic rings. The highest BCUT2D eigenvalue weighted by Gasteiger charge is 2.28. The van der Waals surface area contributed by atoms with Crippen molar-refractivity contribution >= 4 is 17.5 Å². The number of anilines is 1. The van der Waals surface area contributed by atoms with Gasteiger partial charge < -0.3 is 20.0 Å². The number of carbonyl (C=O) groups is 2. The van der Waals surface area contributed by atoms with Gasteiger partial charge in [0.05, 0.1) is 0 Å². The van der Waals surface area contributed by atoms with E-state index in [9.17, 15) is 14.0 Å². The van der Waals surface area contributed by atoms with Crippen molar-refractivity contribution in [3.63, 3.8) is 0 Å². The van der Waals surface area contributed by atoms with E-state index in [1.54, 1.807) is 12.1 Å². The molecule has 1 aromatic carbocycles. The Labute approximate surface area is 166 Å². The van der Waals surface area contributed by atoms with E-state index in [0.29, 0.717) is 18.8 Å². The third-order valence-electron chi connectivity index (χ3n) is 5.81. The molecule has 0 atom stereocenters. The summed E-state index contributed by atoms with van der Waals surface area (Å²) < 4.78 is 12.9. The Hall–Kier alpha value is -1.99. The van der Waals surface area contributed by atoms with E-state index in [-0.39, 0.29) is 17.6 Å². The molecule has 6 nitrogen and oxygen atoms in total. The highest BCUT2D eigenvalue weighted by Crippen LogP contribution is 2.10. The number of hydrogen-bond acceptors (Lipinski definition) is 2. The lowest BCUT2D eigenvalue weighted by Crippen LogP contribution is -3.28. The number of nitrogens with one attached hydrogen (secondary N) is 3. The van der Waals surface area contributed by atoms with Crippen LogP contribution < -0.4 is 15.1 Å². The maximum absolute atomic E-state index is 12.9. The first-order valence-corrected chi connectivity index (χ1v) is 10.6. The van der Waals surface area contributed by atoms with Crippen LogP contribution in [0.2, 0.25) is 0 Å². The minimum atomic E-state index is -0.312. The summed E-state index contributed by atoms with van der Waals surface area (Å²) in [6, 6.07) is 5.82. The molecule has 0 aromatic heterocycles. The average molecular weight is 393 g/mol. The van der Waals surface area contributed by atoms with E-state index in [4.69, 9.17) is 0 Å². The number of nitrogens with zero attached hydrogens (tertiary/aromatic N) is 1. The average Bonchev–Trinajstić information content (AvgIpc) is 2.65. The first-order chi connectivity index (χ1) is 13.6. The molecular weight excluding hydrogens is 359 g/mol. The fourth-order valence-corrected chi connectivity index (χ4v) is 4.10. The zero-order valence-corrected chi connectivity index (χ0v) is 16.6. The summed E-state index contributed by atoms with van der Waals surface area (Å²) in [6.07, 6.45) is 6.02. The number of rotatable bonds is 5. The molecule has 0 spiro atoms. The van der Waals surface area contributed by atoms with E-state index in [1.807, 2.05) is 0 Å². The Kier molecular flexibility index (Phi) is 7.80. The summed E-state index contributed by atoms with van der Waals surface area (Å²) >= 11 is 0. The van der Waals surface area contributed by atoms with Gasteiger partial charge in [-0.25, -0.2) is 4.39 Å². The fourth-order valence-electron chi connectivity index (χ4n) is 4.10. The molecule has 7 heteroatoms. The van der Waals surface area contributed by atoms with E-state index in [0.717, 1.165) is 52.1 Å². The molecule has 0 bridgehead atoms. The highest BCUT2D eigenvalue weighted by atomic mass is 19.1. The molecular formula is C21H33FN4O2+2. The predicted molar refractivity (Wildman–Crippen MR) is 106 cm³/mol. The second kappa shape index (κ2) is 10.5. The molecule has 0 radical (unpaired) electrons. The molecule has 3 N–H and O–H groups in total. The number of hydrogen-bond donors (Lipinski definition) is 3. The van der Waals surface area contributed by atoms with Crippen LogP contribution in [0.25, 0.3) is 0 Å². The van der Waals surface area contributed by atoms with Crippen LogP contribution >= 0.6 is 0 Å². The summed E-state index contributed by atoms with van der Waals surface area (Å²) in [5, 5.41) is 2.82. The van der Waals surface area contributed by atoms with E-state index < -0.39 is 0 Å². The summed E-state index contributed by atoms with van der Waals surface area (Å²) in [4.78, 5) is 29.4. The molecule has 2 aliphatic heterocycles. The second-order valence-electron chi connectivity index (χ2n) is 8.06. The standard InChI is InChI=1S/C21H31FN4O2/c22-18-6-8-19(9-7-18)23-20(27)16-24-12-14-25(15-13-24)17-21(28)26-10-4-2-1-3-5-11-26/h6-9H,1-5,10-17H2,(H,23,27)/p+2. The van der Waals surface area contributed by atoms with Crippen molar-refractivity contribution in [2.45, 2.75) is 32.1 Å². The second-order valence-corrected chi connectivity index (χ2v) is 8.06. The van der Waals surface area contributed by atoms with Crippen molar-refractivity contribution in [3.05, 3.63) is 30.1 Å². The number of quaternary nitrogens is 2. The minimum Gasteiger partial charge on any atom is -0.338 e. The largest absolute Gasteiger partial charge is 0.338 e. The van der Waals surface area contributed by atoms with Crippen LogP contribution in [0.3, 0.4) is 0 Å². The smallest absolute Gasteiger partial charge is 0.279 e. The molecule has 2 heterocycles. The maximum Gasteiger partial charge on any atom is 0.279 e. The fraction of sp³-hybridized carbons (Fsp3) is 0.619. The molecule has 2 aliphatic rings. The van der Waals surface area contributed by atoms with Gasteiger partial charge in [0.15, 0.2) is 13.1 Å². The first kappa shape index (κ1) is 20.7. The topological polar surface area (TPSA) is 58.3 Å². The van der Waals surface area contributed by atoms with Gasteiger partial charge in [-0.05, 0) is 37.1 Å². The third-order valence-corrected chi connectivity index (χ3v) is 5.81. The quantitative estimate of drug-likeness (QED) is 0.623. The van der Waals surface area contributed by atoms with Crippen molar-refractivity contribution in [2.75, 3.05) is 57.7 Å². The van der Waals surface area contributed by atoms with Crippen molar-refractivity contribution in [3.8, 4) is 0 Å². The van der Waals surface area contributed by atoms with Crippen LogP contribution in [0.5, 0.6) is 0 Å². The van der Waals surface area contributed by atoms with Crippen LogP contribution in [0, 0.1) is 5.82 Å². The monoisotopic (exact) mass is 392 g/mol. The van der Waals surface area contributed by atoms with Crippen LogP contribution in [-0.4, -0.2) is 69.1 Å². The summed E-state index contributed by atoms with van der Waals surface area (Å²) in [7, 11) is 0. The number of piperazine rings is 1. The summed E-state index contributed by atoms with van der Waals surface area (Å²) in [5.41, 5.74) is 0.619. The zero-order valence-electron chi connectivity index (χ0n) is 16.6. The normalized spacial score (nSPS) is 23.5. The number of amides is 2. The van der Waals surface area contributed by atoms with Crippen LogP contribution in [0.4, 0.5) is 10.1 Å². The molecule has 0 saturated carbocycles. The number of halogens is 1. The maximum atomic E-state index is 12.9. The minimum absolute atomic E-state index is 0.0539. The zero-order chi connectivity index (χ0) is 19.8. The van der Waals surface area contributed by atoms with Crippen molar-refractivity contribution in [1.29, 1.82) is 0 Å². The molecule has 0 unspecified atom stereocenters. The van der Waals surface area contributed by atoms with Crippen LogP contribution in [0.15, 0.2) is 24.3 Å². The molecule has 0 aliphatic carbocycles. The van der Waals surface area contributed by atoms with Gasteiger partial charge in [0.25, 0.3) is 11.8 Å². The van der Waals surface area contributed by atoms with E-state index >= 15 is 0 Å². The van der Waals surface area contributed by atoms with Gasteiger partial charge in [-0.15, -0.1) is 0 Å². The van der Waals surface area contributed by atoms with Crippen LogP contribution in [0.1, 0.15) is 32.1 Å². The van der Waals surface area contributed by atoms with Crippen molar-refractivity contribution < 1.29 is 23.8 Å². The lowest BCUT2D eigenvalue weighted by molar-refractivity contribution is -1.00. The highest BCUT2D eigenvalue weighted by molar-refractivity contribution is 5.91. The predicted octanol–water partition coefficient (Wildman–Crippen LogP) is -0.660. The Morgan fingerprint density at radius 1 is 0.857 bits per heavy atom. The Morgan fingerprint density at radius 3 is 2.00 bits per heavy atom. The molecule has 154 valence electrons. The van der Waals surface area contributed by atoms with Gasteiger partial charge in [0.1, 0.15) is 32.0 Å². The molecule has 3 rings (SSSR count). The number of carbonyl (C=O) groups excluding carboxylic acids is 2.